The van der Waals surface area contributed by atoms with Gasteiger partial charge in [0.25, 0.3) is 5.91 Å². The summed E-state index contributed by atoms with van der Waals surface area (Å²) >= 11 is 0. The lowest BCUT2D eigenvalue weighted by molar-refractivity contribution is -0.119. The van der Waals surface area contributed by atoms with Gasteiger partial charge < -0.3 is 10.2 Å². The number of anilines is 2. The van der Waals surface area contributed by atoms with E-state index in [2.05, 4.69) is 5.32 Å². The van der Waals surface area contributed by atoms with E-state index in [4.69, 9.17) is 0 Å². The monoisotopic (exact) mass is 392 g/mol. The van der Waals surface area contributed by atoms with Crippen molar-refractivity contribution in [3.05, 3.63) is 95.1 Å². The molecule has 0 fully saturated rings. The van der Waals surface area contributed by atoms with Crippen LogP contribution in [-0.4, -0.2) is 11.8 Å². The van der Waals surface area contributed by atoms with E-state index >= 15 is 0 Å². The molecule has 29 heavy (non-hydrogen) atoms. The fourth-order valence-corrected chi connectivity index (χ4v) is 3.42. The van der Waals surface area contributed by atoms with Gasteiger partial charge in [-0.1, -0.05) is 30.3 Å². The van der Waals surface area contributed by atoms with Crippen LogP contribution in [0.2, 0.25) is 0 Å². The number of hydrogen-bond acceptors (Lipinski definition) is 2. The number of carbonyl (C=O) groups is 2. The van der Waals surface area contributed by atoms with Gasteiger partial charge >= 0.3 is 0 Å². The highest BCUT2D eigenvalue weighted by Crippen LogP contribution is 2.31. The molecule has 0 aliphatic carbocycles. The molecule has 1 heterocycles. The maximum absolute atomic E-state index is 13.4. The normalized spacial score (nSPS) is 13.2. The van der Waals surface area contributed by atoms with Crippen molar-refractivity contribution >= 4 is 23.2 Å². The molecule has 4 rings (SSSR count). The molecule has 0 atom stereocenters. The minimum Gasteiger partial charge on any atom is -0.322 e. The first-order chi connectivity index (χ1) is 14.0. The Hall–Kier alpha value is -3.54. The molecule has 6 heteroatoms. The van der Waals surface area contributed by atoms with E-state index in [-0.39, 0.29) is 11.5 Å². The molecule has 1 aliphatic rings. The van der Waals surface area contributed by atoms with Gasteiger partial charge in [-0.15, -0.1) is 0 Å². The Morgan fingerprint density at radius 1 is 0.931 bits per heavy atom. The lowest BCUT2D eigenvalue weighted by atomic mass is 9.99. The van der Waals surface area contributed by atoms with Gasteiger partial charge in [0.05, 0.1) is 6.54 Å². The third kappa shape index (κ3) is 4.01. The zero-order chi connectivity index (χ0) is 20.4. The van der Waals surface area contributed by atoms with Crippen molar-refractivity contribution in [1.29, 1.82) is 0 Å². The van der Waals surface area contributed by atoms with Crippen molar-refractivity contribution in [2.75, 3.05) is 10.2 Å². The second-order valence-electron chi connectivity index (χ2n) is 6.89. The molecule has 2 amide bonds. The van der Waals surface area contributed by atoms with Crippen molar-refractivity contribution < 1.29 is 18.4 Å². The van der Waals surface area contributed by atoms with Gasteiger partial charge in [-0.3, -0.25) is 9.59 Å². The minimum absolute atomic E-state index is 0.0301. The Bertz CT molecular complexity index is 1080. The topological polar surface area (TPSA) is 49.4 Å². The van der Waals surface area contributed by atoms with Crippen LogP contribution in [-0.2, 0) is 17.8 Å². The number of rotatable bonds is 4. The van der Waals surface area contributed by atoms with Gasteiger partial charge in [-0.25, -0.2) is 8.78 Å². The highest BCUT2D eigenvalue weighted by Gasteiger charge is 2.24. The first-order valence-electron chi connectivity index (χ1n) is 9.25. The Morgan fingerprint density at radius 2 is 1.72 bits per heavy atom. The highest BCUT2D eigenvalue weighted by atomic mass is 19.2. The smallest absolute Gasteiger partial charge is 0.255 e. The van der Waals surface area contributed by atoms with E-state index in [1.54, 1.807) is 17.0 Å². The van der Waals surface area contributed by atoms with Crippen LogP contribution in [0.1, 0.15) is 27.9 Å². The van der Waals surface area contributed by atoms with E-state index in [0.29, 0.717) is 25.1 Å². The molecule has 0 aromatic heterocycles. The van der Waals surface area contributed by atoms with E-state index in [0.717, 1.165) is 28.9 Å². The van der Waals surface area contributed by atoms with Crippen LogP contribution in [0.5, 0.6) is 0 Å². The summed E-state index contributed by atoms with van der Waals surface area (Å²) in [6.45, 7) is 0.479. The van der Waals surface area contributed by atoms with E-state index in [1.165, 1.54) is 6.07 Å². The third-order valence-corrected chi connectivity index (χ3v) is 4.90. The number of fused-ring (bicyclic) bond motifs is 1. The minimum atomic E-state index is -1.07. The number of hydrogen-bond donors (Lipinski definition) is 1. The number of benzene rings is 3. The molecule has 4 nitrogen and oxygen atoms in total. The average molecular weight is 392 g/mol. The Labute approximate surface area is 166 Å². The predicted octanol–water partition coefficient (Wildman–Crippen LogP) is 4.70. The van der Waals surface area contributed by atoms with Crippen LogP contribution in [0, 0.1) is 11.6 Å². The fourth-order valence-electron chi connectivity index (χ4n) is 3.42. The second-order valence-corrected chi connectivity index (χ2v) is 6.89. The summed E-state index contributed by atoms with van der Waals surface area (Å²) in [6.07, 6.45) is 0.967. The average Bonchev–Trinajstić information content (AvgIpc) is 2.73. The molecule has 0 radical (unpaired) electrons. The molecular formula is C23H18F2N2O2. The van der Waals surface area contributed by atoms with Gasteiger partial charge in [0.15, 0.2) is 11.6 Å². The first kappa shape index (κ1) is 18.8. The second kappa shape index (κ2) is 7.83. The first-order valence-corrected chi connectivity index (χ1v) is 9.25. The lowest BCUT2D eigenvalue weighted by Gasteiger charge is -2.30. The number of halogens is 2. The van der Waals surface area contributed by atoms with Crippen LogP contribution in [0.3, 0.4) is 0 Å². The Kier molecular flexibility index (Phi) is 5.08. The number of amides is 2. The van der Waals surface area contributed by atoms with Crippen molar-refractivity contribution in [1.82, 2.24) is 0 Å². The molecule has 0 saturated carbocycles. The van der Waals surface area contributed by atoms with E-state index < -0.39 is 17.5 Å². The van der Waals surface area contributed by atoms with Crippen LogP contribution in [0.15, 0.2) is 66.7 Å². The summed E-state index contributed by atoms with van der Waals surface area (Å²) in [5.74, 6) is -2.55. The zero-order valence-electron chi connectivity index (χ0n) is 15.5. The summed E-state index contributed by atoms with van der Waals surface area (Å²) in [7, 11) is 0. The quantitative estimate of drug-likeness (QED) is 0.700. The SMILES string of the molecule is O=C(Nc1ccc2c(c1)CCC(=O)N2Cc1ccccc1)c1ccc(F)c(F)c1. The van der Waals surface area contributed by atoms with Crippen molar-refractivity contribution in [2.24, 2.45) is 0 Å². The highest BCUT2D eigenvalue weighted by molar-refractivity contribution is 6.04. The Balaban J connectivity index is 1.55. The summed E-state index contributed by atoms with van der Waals surface area (Å²) in [6, 6.07) is 18.1. The van der Waals surface area contributed by atoms with Gasteiger partial charge in [0, 0.05) is 23.4 Å². The molecule has 1 aliphatic heterocycles. The van der Waals surface area contributed by atoms with Crippen LogP contribution in [0.25, 0.3) is 0 Å². The van der Waals surface area contributed by atoms with Crippen LogP contribution >= 0.6 is 0 Å². The van der Waals surface area contributed by atoms with Crippen molar-refractivity contribution in [3.63, 3.8) is 0 Å². The maximum Gasteiger partial charge on any atom is 0.255 e. The molecule has 3 aromatic rings. The number of carbonyl (C=O) groups excluding carboxylic acids is 2. The zero-order valence-corrected chi connectivity index (χ0v) is 15.5. The predicted molar refractivity (Wildman–Crippen MR) is 107 cm³/mol. The van der Waals surface area contributed by atoms with Gasteiger partial charge in [-0.2, -0.15) is 0 Å². The van der Waals surface area contributed by atoms with Crippen molar-refractivity contribution in [3.8, 4) is 0 Å². The summed E-state index contributed by atoms with van der Waals surface area (Å²) in [5, 5.41) is 2.70. The molecule has 0 spiro atoms. The molecule has 0 unspecified atom stereocenters. The fraction of sp³-hybridized carbons (Fsp3) is 0.130. The molecule has 1 N–H and O–H groups in total. The maximum atomic E-state index is 13.4. The lowest BCUT2D eigenvalue weighted by Crippen LogP contribution is -2.34. The number of nitrogens with zero attached hydrogens (tertiary/aromatic N) is 1. The third-order valence-electron chi connectivity index (χ3n) is 4.90. The van der Waals surface area contributed by atoms with Gasteiger partial charge in [0.2, 0.25) is 5.91 Å². The van der Waals surface area contributed by atoms with Crippen molar-refractivity contribution in [2.45, 2.75) is 19.4 Å². The van der Waals surface area contributed by atoms with Crippen LogP contribution < -0.4 is 10.2 Å². The molecule has 0 bridgehead atoms. The number of aryl methyl sites for hydroxylation is 1. The van der Waals surface area contributed by atoms with E-state index in [9.17, 15) is 18.4 Å². The molecule has 146 valence electrons. The molecule has 3 aromatic carbocycles. The summed E-state index contributed by atoms with van der Waals surface area (Å²) < 4.78 is 26.4. The van der Waals surface area contributed by atoms with Gasteiger partial charge in [-0.05, 0) is 53.9 Å². The molecular weight excluding hydrogens is 374 g/mol. The standard InChI is InChI=1S/C23H18F2N2O2/c24-19-9-6-17(13-20(19)25)23(29)26-18-8-10-21-16(12-18)7-11-22(28)27(21)14-15-4-2-1-3-5-15/h1-6,8-10,12-13H,7,11,14H2,(H,26,29). The number of nitrogens with one attached hydrogen (secondary N) is 1. The van der Waals surface area contributed by atoms with Crippen LogP contribution in [0.4, 0.5) is 20.2 Å². The largest absolute Gasteiger partial charge is 0.322 e. The van der Waals surface area contributed by atoms with E-state index in [1.807, 2.05) is 36.4 Å². The summed E-state index contributed by atoms with van der Waals surface area (Å²) in [5.41, 5.74) is 3.36. The molecule has 0 saturated heterocycles. The Morgan fingerprint density at radius 3 is 2.48 bits per heavy atom. The summed E-state index contributed by atoms with van der Waals surface area (Å²) in [4.78, 5) is 26.5. The van der Waals surface area contributed by atoms with Gasteiger partial charge in [0.1, 0.15) is 0 Å².